The Morgan fingerprint density at radius 3 is 2.55 bits per heavy atom. The van der Waals surface area contributed by atoms with E-state index < -0.39 is 5.97 Å². The smallest absolute Gasteiger partial charge is 0.305 e. The molecule has 0 aliphatic carbocycles. The second-order valence-corrected chi connectivity index (χ2v) is 4.18. The molecular formula is C12H13N5O3. The average Bonchev–Trinajstić information content (AvgIpc) is 2.98. The number of hydrogen-bond acceptors (Lipinski definition) is 5. The van der Waals surface area contributed by atoms with Gasteiger partial charge in [-0.05, 0) is 17.3 Å². The number of rotatable bonds is 5. The number of tetrazole rings is 1. The lowest BCUT2D eigenvalue weighted by atomic mass is 10.1. The zero-order chi connectivity index (χ0) is 14.5. The topological polar surface area (TPSA) is 112 Å². The molecule has 8 nitrogen and oxygen atoms in total. The molecule has 1 amide bonds. The maximum atomic E-state index is 12.0. The minimum atomic E-state index is -0.933. The molecule has 0 saturated heterocycles. The van der Waals surface area contributed by atoms with Crippen molar-refractivity contribution in [1.29, 1.82) is 0 Å². The van der Waals surface area contributed by atoms with E-state index in [1.54, 1.807) is 31.3 Å². The fourth-order valence-corrected chi connectivity index (χ4v) is 1.63. The summed E-state index contributed by atoms with van der Waals surface area (Å²) in [7, 11) is 1.57. The van der Waals surface area contributed by atoms with Crippen molar-refractivity contribution in [1.82, 2.24) is 25.5 Å². The van der Waals surface area contributed by atoms with Gasteiger partial charge in [0.05, 0.1) is 6.42 Å². The second-order valence-electron chi connectivity index (χ2n) is 4.18. The normalized spacial score (nSPS) is 10.2. The SMILES string of the molecule is CN(CCC(=O)O)C(=O)c1ccc(-c2nn[nH]n2)cc1. The second kappa shape index (κ2) is 5.91. The molecule has 0 saturated carbocycles. The third-order valence-corrected chi connectivity index (χ3v) is 2.74. The summed E-state index contributed by atoms with van der Waals surface area (Å²) in [5, 5.41) is 22.1. The molecule has 0 atom stereocenters. The molecule has 0 fully saturated rings. The molecule has 1 aromatic heterocycles. The van der Waals surface area contributed by atoms with E-state index in [0.717, 1.165) is 5.56 Å². The molecule has 0 unspecified atom stereocenters. The van der Waals surface area contributed by atoms with Gasteiger partial charge >= 0.3 is 5.97 Å². The number of H-pyrrole nitrogens is 1. The van der Waals surface area contributed by atoms with Crippen LogP contribution in [-0.4, -0.2) is 56.1 Å². The van der Waals surface area contributed by atoms with E-state index in [2.05, 4.69) is 20.6 Å². The Bertz CT molecular complexity index is 594. The van der Waals surface area contributed by atoms with Gasteiger partial charge in [0.1, 0.15) is 0 Å². The number of nitrogens with one attached hydrogen (secondary N) is 1. The number of carbonyl (C=O) groups is 2. The summed E-state index contributed by atoms with van der Waals surface area (Å²) in [5.41, 5.74) is 1.22. The molecule has 0 bridgehead atoms. The van der Waals surface area contributed by atoms with Crippen LogP contribution in [0.3, 0.4) is 0 Å². The van der Waals surface area contributed by atoms with Gasteiger partial charge < -0.3 is 10.0 Å². The lowest BCUT2D eigenvalue weighted by Gasteiger charge is -2.16. The van der Waals surface area contributed by atoms with Crippen molar-refractivity contribution in [2.75, 3.05) is 13.6 Å². The first kappa shape index (κ1) is 13.7. The van der Waals surface area contributed by atoms with E-state index in [1.807, 2.05) is 0 Å². The van der Waals surface area contributed by atoms with Crippen molar-refractivity contribution in [3.63, 3.8) is 0 Å². The number of aromatic nitrogens is 4. The number of aliphatic carboxylic acids is 1. The predicted molar refractivity (Wildman–Crippen MR) is 68.8 cm³/mol. The number of amides is 1. The number of benzene rings is 1. The largest absolute Gasteiger partial charge is 0.481 e. The first-order chi connectivity index (χ1) is 9.58. The van der Waals surface area contributed by atoms with Crippen LogP contribution >= 0.6 is 0 Å². The molecule has 0 aliphatic rings. The molecule has 104 valence electrons. The first-order valence-electron chi connectivity index (χ1n) is 5.89. The number of nitrogens with zero attached hydrogens (tertiary/aromatic N) is 4. The van der Waals surface area contributed by atoms with E-state index in [1.165, 1.54) is 4.90 Å². The van der Waals surface area contributed by atoms with Crippen LogP contribution in [0.4, 0.5) is 0 Å². The molecule has 20 heavy (non-hydrogen) atoms. The van der Waals surface area contributed by atoms with Crippen molar-refractivity contribution in [3.05, 3.63) is 29.8 Å². The monoisotopic (exact) mass is 275 g/mol. The van der Waals surface area contributed by atoms with Crippen molar-refractivity contribution in [2.24, 2.45) is 0 Å². The van der Waals surface area contributed by atoms with Crippen LogP contribution in [-0.2, 0) is 4.79 Å². The van der Waals surface area contributed by atoms with Gasteiger partial charge in [-0.15, -0.1) is 10.2 Å². The summed E-state index contributed by atoms with van der Waals surface area (Å²) < 4.78 is 0. The highest BCUT2D eigenvalue weighted by Crippen LogP contribution is 2.14. The van der Waals surface area contributed by atoms with Crippen LogP contribution in [0.5, 0.6) is 0 Å². The van der Waals surface area contributed by atoms with Gasteiger partial charge in [0.2, 0.25) is 5.82 Å². The van der Waals surface area contributed by atoms with Gasteiger partial charge in [0.15, 0.2) is 0 Å². The van der Waals surface area contributed by atoms with E-state index >= 15 is 0 Å². The summed E-state index contributed by atoms with van der Waals surface area (Å²) in [5.74, 6) is -0.716. The molecule has 1 aromatic carbocycles. The number of carboxylic acid groups (broad SMARTS) is 1. The fourth-order valence-electron chi connectivity index (χ4n) is 1.63. The average molecular weight is 275 g/mol. The lowest BCUT2D eigenvalue weighted by Crippen LogP contribution is -2.28. The molecule has 0 spiro atoms. The highest BCUT2D eigenvalue weighted by atomic mass is 16.4. The number of carboxylic acids is 1. The van der Waals surface area contributed by atoms with Crippen LogP contribution in [0.25, 0.3) is 11.4 Å². The van der Waals surface area contributed by atoms with Gasteiger partial charge in [0, 0.05) is 24.7 Å². The molecule has 2 N–H and O–H groups in total. The maximum Gasteiger partial charge on any atom is 0.305 e. The summed E-state index contributed by atoms with van der Waals surface area (Å²) in [4.78, 5) is 23.9. The third kappa shape index (κ3) is 3.16. The van der Waals surface area contributed by atoms with Crippen molar-refractivity contribution < 1.29 is 14.7 Å². The van der Waals surface area contributed by atoms with Crippen LogP contribution in [0.1, 0.15) is 16.8 Å². The van der Waals surface area contributed by atoms with Gasteiger partial charge in [-0.3, -0.25) is 9.59 Å². The molecular weight excluding hydrogens is 262 g/mol. The Kier molecular flexibility index (Phi) is 4.04. The van der Waals surface area contributed by atoms with Crippen molar-refractivity contribution in [3.8, 4) is 11.4 Å². The number of carbonyl (C=O) groups excluding carboxylic acids is 1. The maximum absolute atomic E-state index is 12.0. The van der Waals surface area contributed by atoms with E-state index in [0.29, 0.717) is 11.4 Å². The lowest BCUT2D eigenvalue weighted by molar-refractivity contribution is -0.137. The molecule has 0 aliphatic heterocycles. The van der Waals surface area contributed by atoms with Gasteiger partial charge in [-0.25, -0.2) is 0 Å². The Morgan fingerprint density at radius 2 is 2.00 bits per heavy atom. The number of hydrogen-bond donors (Lipinski definition) is 2. The summed E-state index contributed by atoms with van der Waals surface area (Å²) in [6.45, 7) is 0.167. The molecule has 8 heteroatoms. The van der Waals surface area contributed by atoms with Gasteiger partial charge in [-0.1, -0.05) is 12.1 Å². The van der Waals surface area contributed by atoms with Crippen molar-refractivity contribution >= 4 is 11.9 Å². The van der Waals surface area contributed by atoms with Gasteiger partial charge in [0.25, 0.3) is 5.91 Å². The van der Waals surface area contributed by atoms with E-state index in [9.17, 15) is 9.59 Å². The Balaban J connectivity index is 2.06. The van der Waals surface area contributed by atoms with E-state index in [4.69, 9.17) is 5.11 Å². The Hall–Kier alpha value is -2.77. The van der Waals surface area contributed by atoms with Gasteiger partial charge in [-0.2, -0.15) is 5.21 Å². The minimum Gasteiger partial charge on any atom is -0.481 e. The minimum absolute atomic E-state index is 0.0802. The molecule has 2 rings (SSSR count). The first-order valence-corrected chi connectivity index (χ1v) is 5.89. The zero-order valence-electron chi connectivity index (χ0n) is 10.8. The van der Waals surface area contributed by atoms with Crippen LogP contribution in [0, 0.1) is 0 Å². The fraction of sp³-hybridized carbons (Fsp3) is 0.250. The summed E-state index contributed by atoms with van der Waals surface area (Å²) in [6, 6.07) is 6.71. The quantitative estimate of drug-likeness (QED) is 0.817. The Labute approximate surface area is 114 Å². The number of aromatic amines is 1. The molecule has 2 aromatic rings. The van der Waals surface area contributed by atoms with Crippen LogP contribution in [0.15, 0.2) is 24.3 Å². The van der Waals surface area contributed by atoms with E-state index in [-0.39, 0.29) is 18.9 Å². The summed E-state index contributed by atoms with van der Waals surface area (Å²) >= 11 is 0. The highest BCUT2D eigenvalue weighted by molar-refractivity contribution is 5.94. The third-order valence-electron chi connectivity index (χ3n) is 2.74. The Morgan fingerprint density at radius 1 is 1.30 bits per heavy atom. The van der Waals surface area contributed by atoms with Crippen molar-refractivity contribution in [2.45, 2.75) is 6.42 Å². The predicted octanol–water partition coefficient (Wildman–Crippen LogP) is 0.413. The van der Waals surface area contributed by atoms with Crippen LogP contribution < -0.4 is 0 Å². The molecule has 0 radical (unpaired) electrons. The highest BCUT2D eigenvalue weighted by Gasteiger charge is 2.13. The van der Waals surface area contributed by atoms with Crippen LogP contribution in [0.2, 0.25) is 0 Å². The molecule has 1 heterocycles. The summed E-state index contributed by atoms with van der Waals surface area (Å²) in [6.07, 6.45) is -0.0802. The zero-order valence-corrected chi connectivity index (χ0v) is 10.8. The standard InChI is InChI=1S/C12H13N5O3/c1-17(7-6-10(18)19)12(20)9-4-2-8(3-5-9)11-13-15-16-14-11/h2-5H,6-7H2,1H3,(H,18,19)(H,13,14,15,16).